The molecule has 4 heteroatoms. The van der Waals surface area contributed by atoms with Crippen molar-refractivity contribution in [3.05, 3.63) is 118 Å². The third-order valence-electron chi connectivity index (χ3n) is 7.14. The Labute approximate surface area is 218 Å². The third kappa shape index (κ3) is 4.67. The van der Waals surface area contributed by atoms with E-state index in [1.165, 1.54) is 5.56 Å². The quantitative estimate of drug-likeness (QED) is 0.233. The van der Waals surface area contributed by atoms with Crippen molar-refractivity contribution in [3.8, 4) is 16.9 Å². The standard InChI is InChI=1S/C33H31NO3/c1-3-4-10-22-15-17-24(18-16-22)27-19-28(37-20-21(2)23-11-6-5-7-12-23)31(34)30-29(27)32(35)25-13-8-9-14-26(25)33(30)36/h5-9,11-19,21H,3-4,10,20,34H2,1-2H3. The Bertz CT molecular complexity index is 1460. The largest absolute Gasteiger partial charge is 0.491 e. The van der Waals surface area contributed by atoms with Crippen LogP contribution in [0.25, 0.3) is 11.1 Å². The Morgan fingerprint density at radius 2 is 1.41 bits per heavy atom. The summed E-state index contributed by atoms with van der Waals surface area (Å²) in [6.45, 7) is 4.65. The van der Waals surface area contributed by atoms with E-state index in [0.717, 1.165) is 30.4 Å². The van der Waals surface area contributed by atoms with Gasteiger partial charge in [-0.25, -0.2) is 0 Å². The monoisotopic (exact) mass is 489 g/mol. The maximum Gasteiger partial charge on any atom is 0.196 e. The van der Waals surface area contributed by atoms with Crippen LogP contribution in [0.1, 0.15) is 75.6 Å². The molecular formula is C33H31NO3. The molecular weight excluding hydrogens is 458 g/mol. The van der Waals surface area contributed by atoms with Gasteiger partial charge in [-0.15, -0.1) is 0 Å². The average Bonchev–Trinajstić information content (AvgIpc) is 2.94. The number of benzene rings is 4. The van der Waals surface area contributed by atoms with E-state index in [9.17, 15) is 9.59 Å². The summed E-state index contributed by atoms with van der Waals surface area (Å²) in [5.41, 5.74) is 12.1. The summed E-state index contributed by atoms with van der Waals surface area (Å²) in [4.78, 5) is 27.4. The molecule has 4 nitrogen and oxygen atoms in total. The molecule has 4 aromatic carbocycles. The van der Waals surface area contributed by atoms with Crippen LogP contribution in [0.5, 0.6) is 5.75 Å². The minimum Gasteiger partial charge on any atom is -0.491 e. The summed E-state index contributed by atoms with van der Waals surface area (Å²) in [5.74, 6) is 0.111. The molecule has 1 atom stereocenters. The summed E-state index contributed by atoms with van der Waals surface area (Å²) in [5, 5.41) is 0. The van der Waals surface area contributed by atoms with Gasteiger partial charge in [0, 0.05) is 22.6 Å². The van der Waals surface area contributed by atoms with E-state index in [2.05, 4.69) is 38.1 Å². The zero-order chi connectivity index (χ0) is 25.9. The first-order valence-corrected chi connectivity index (χ1v) is 12.9. The number of aryl methyl sites for hydroxylation is 1. The van der Waals surface area contributed by atoms with E-state index >= 15 is 0 Å². The number of carbonyl (C=O) groups excluding carboxylic acids is 2. The lowest BCUT2D eigenvalue weighted by Crippen LogP contribution is -2.24. The number of anilines is 1. The highest BCUT2D eigenvalue weighted by Crippen LogP contribution is 2.42. The smallest absolute Gasteiger partial charge is 0.196 e. The van der Waals surface area contributed by atoms with Gasteiger partial charge in [0.25, 0.3) is 0 Å². The van der Waals surface area contributed by atoms with E-state index in [0.29, 0.717) is 34.6 Å². The van der Waals surface area contributed by atoms with Gasteiger partial charge in [0.2, 0.25) is 0 Å². The molecule has 0 saturated carbocycles. The highest BCUT2D eigenvalue weighted by atomic mass is 16.5. The zero-order valence-corrected chi connectivity index (χ0v) is 21.3. The molecule has 1 aliphatic rings. The molecule has 0 bridgehead atoms. The van der Waals surface area contributed by atoms with E-state index in [1.54, 1.807) is 24.3 Å². The number of unbranched alkanes of at least 4 members (excludes halogenated alkanes) is 1. The first-order chi connectivity index (χ1) is 18.0. The molecule has 1 aliphatic carbocycles. The maximum absolute atomic E-state index is 13.7. The van der Waals surface area contributed by atoms with Crippen molar-refractivity contribution in [1.29, 1.82) is 0 Å². The van der Waals surface area contributed by atoms with Crippen LogP contribution in [0.2, 0.25) is 0 Å². The van der Waals surface area contributed by atoms with Crippen LogP contribution in [0.3, 0.4) is 0 Å². The van der Waals surface area contributed by atoms with Crippen molar-refractivity contribution in [2.45, 2.75) is 39.0 Å². The third-order valence-corrected chi connectivity index (χ3v) is 7.14. The summed E-state index contributed by atoms with van der Waals surface area (Å²) in [6, 6.07) is 27.1. The zero-order valence-electron chi connectivity index (χ0n) is 21.3. The predicted molar refractivity (Wildman–Crippen MR) is 149 cm³/mol. The molecule has 0 heterocycles. The van der Waals surface area contributed by atoms with Crippen LogP contribution < -0.4 is 10.5 Å². The first-order valence-electron chi connectivity index (χ1n) is 12.9. The average molecular weight is 490 g/mol. The van der Waals surface area contributed by atoms with Crippen molar-refractivity contribution in [2.24, 2.45) is 0 Å². The lowest BCUT2D eigenvalue weighted by atomic mass is 9.79. The van der Waals surface area contributed by atoms with Crippen LogP contribution >= 0.6 is 0 Å². The summed E-state index contributed by atoms with van der Waals surface area (Å²) < 4.78 is 6.24. The highest BCUT2D eigenvalue weighted by Gasteiger charge is 2.35. The Morgan fingerprint density at radius 3 is 2.05 bits per heavy atom. The van der Waals surface area contributed by atoms with Crippen LogP contribution in [0.15, 0.2) is 84.9 Å². The number of ketones is 2. The van der Waals surface area contributed by atoms with Crippen LogP contribution in [-0.4, -0.2) is 18.2 Å². The van der Waals surface area contributed by atoms with E-state index in [-0.39, 0.29) is 28.7 Å². The van der Waals surface area contributed by atoms with Gasteiger partial charge in [-0.05, 0) is 41.2 Å². The second-order valence-electron chi connectivity index (χ2n) is 9.71. The molecule has 0 fully saturated rings. The fourth-order valence-corrected chi connectivity index (χ4v) is 4.97. The Morgan fingerprint density at radius 1 is 0.784 bits per heavy atom. The molecule has 5 rings (SSSR count). The summed E-state index contributed by atoms with van der Waals surface area (Å²) in [6.07, 6.45) is 3.26. The Hall–Kier alpha value is -4.18. The Balaban J connectivity index is 1.60. The fourth-order valence-electron chi connectivity index (χ4n) is 4.97. The van der Waals surface area contributed by atoms with Crippen molar-refractivity contribution in [3.63, 3.8) is 0 Å². The molecule has 4 aromatic rings. The van der Waals surface area contributed by atoms with E-state index < -0.39 is 0 Å². The number of hydrogen-bond acceptors (Lipinski definition) is 4. The number of hydrogen-bond donors (Lipinski definition) is 1. The van der Waals surface area contributed by atoms with Crippen LogP contribution in [0.4, 0.5) is 5.69 Å². The molecule has 37 heavy (non-hydrogen) atoms. The van der Waals surface area contributed by atoms with Gasteiger partial charge in [0.15, 0.2) is 11.6 Å². The number of nitrogens with two attached hydrogens (primary N) is 1. The van der Waals surface area contributed by atoms with Gasteiger partial charge in [-0.3, -0.25) is 9.59 Å². The molecule has 0 aliphatic heterocycles. The van der Waals surface area contributed by atoms with Gasteiger partial charge in [0.05, 0.1) is 17.9 Å². The van der Waals surface area contributed by atoms with Crippen molar-refractivity contribution >= 4 is 17.3 Å². The van der Waals surface area contributed by atoms with Gasteiger partial charge < -0.3 is 10.5 Å². The lowest BCUT2D eigenvalue weighted by Gasteiger charge is -2.24. The van der Waals surface area contributed by atoms with Crippen molar-refractivity contribution < 1.29 is 14.3 Å². The lowest BCUT2D eigenvalue weighted by molar-refractivity contribution is 0.0980. The SMILES string of the molecule is CCCCc1ccc(-c2cc(OCC(C)c3ccccc3)c(N)c3c2C(=O)c2ccccc2C3=O)cc1. The molecule has 186 valence electrons. The number of carbonyl (C=O) groups is 2. The minimum atomic E-state index is -0.245. The van der Waals surface area contributed by atoms with Gasteiger partial charge in [-0.2, -0.15) is 0 Å². The number of nitrogen functional groups attached to an aromatic ring is 1. The maximum atomic E-state index is 13.7. The second kappa shape index (κ2) is 10.4. The van der Waals surface area contributed by atoms with Crippen molar-refractivity contribution in [2.75, 3.05) is 12.3 Å². The number of rotatable bonds is 8. The predicted octanol–water partition coefficient (Wildman–Crippen LogP) is 7.24. The van der Waals surface area contributed by atoms with Crippen LogP contribution in [0, 0.1) is 0 Å². The van der Waals surface area contributed by atoms with Crippen LogP contribution in [-0.2, 0) is 6.42 Å². The molecule has 1 unspecified atom stereocenters. The highest BCUT2D eigenvalue weighted by molar-refractivity contribution is 6.32. The van der Waals surface area contributed by atoms with Gasteiger partial charge in [0.1, 0.15) is 5.75 Å². The van der Waals surface area contributed by atoms with Gasteiger partial charge in [-0.1, -0.05) is 99.1 Å². The number of ether oxygens (including phenoxy) is 1. The second-order valence-corrected chi connectivity index (χ2v) is 9.71. The minimum absolute atomic E-state index is 0.121. The molecule has 0 spiro atoms. The molecule has 2 N–H and O–H groups in total. The van der Waals surface area contributed by atoms with Crippen molar-refractivity contribution in [1.82, 2.24) is 0 Å². The van der Waals surface area contributed by atoms with E-state index in [4.69, 9.17) is 10.5 Å². The summed E-state index contributed by atoms with van der Waals surface area (Å²) >= 11 is 0. The fraction of sp³-hybridized carbons (Fsp3) is 0.212. The molecule has 0 saturated heterocycles. The Kier molecular flexibility index (Phi) is 6.91. The number of fused-ring (bicyclic) bond motifs is 2. The normalized spacial score (nSPS) is 13.1. The van der Waals surface area contributed by atoms with E-state index in [1.807, 2.05) is 36.4 Å². The molecule has 0 radical (unpaired) electrons. The first kappa shape index (κ1) is 24.5. The summed E-state index contributed by atoms with van der Waals surface area (Å²) in [7, 11) is 0. The topological polar surface area (TPSA) is 69.4 Å². The van der Waals surface area contributed by atoms with Gasteiger partial charge >= 0.3 is 0 Å². The molecule has 0 aromatic heterocycles. The molecule has 0 amide bonds.